The molecule has 0 aliphatic carbocycles. The summed E-state index contributed by atoms with van der Waals surface area (Å²) in [6.45, 7) is 7.06. The van der Waals surface area contributed by atoms with Crippen molar-refractivity contribution in [1.82, 2.24) is 9.97 Å². The summed E-state index contributed by atoms with van der Waals surface area (Å²) in [6, 6.07) is 6.67. The highest BCUT2D eigenvalue weighted by Crippen LogP contribution is 2.42. The number of hydrogen-bond acceptors (Lipinski definition) is 5. The number of aryl methyl sites for hydroxylation is 1. The van der Waals surface area contributed by atoms with Crippen molar-refractivity contribution in [2.75, 3.05) is 17.3 Å². The van der Waals surface area contributed by atoms with E-state index in [0.717, 1.165) is 31.2 Å². The summed E-state index contributed by atoms with van der Waals surface area (Å²) in [6.07, 6.45) is 0. The van der Waals surface area contributed by atoms with Gasteiger partial charge in [0.05, 0.1) is 23.0 Å². The molecule has 0 fully saturated rings. The molecule has 2 aromatic carbocycles. The van der Waals surface area contributed by atoms with Crippen LogP contribution in [0.15, 0.2) is 30.3 Å². The van der Waals surface area contributed by atoms with Crippen LogP contribution >= 0.6 is 0 Å². The zero-order valence-corrected chi connectivity index (χ0v) is 19.9. The number of likely N-dealkylation sites (N-methyl/N-ethyl adjacent to an activating group) is 1. The van der Waals surface area contributed by atoms with Crippen molar-refractivity contribution in [2.24, 2.45) is 0 Å². The number of aliphatic hydroxyl groups is 1. The van der Waals surface area contributed by atoms with Gasteiger partial charge in [-0.2, -0.15) is 8.78 Å². The highest BCUT2D eigenvalue weighted by molar-refractivity contribution is 6.07. The van der Waals surface area contributed by atoms with Gasteiger partial charge in [-0.1, -0.05) is 12.1 Å². The number of carbonyl (C=O) groups excluding carboxylic acids is 1. The van der Waals surface area contributed by atoms with Crippen LogP contribution < -0.4 is 10.2 Å². The average Bonchev–Trinajstić information content (AvgIpc) is 2.95. The van der Waals surface area contributed by atoms with Crippen LogP contribution in [0.5, 0.6) is 0 Å². The Morgan fingerprint density at radius 3 is 2.53 bits per heavy atom. The Hall–Kier alpha value is -3.20. The lowest BCUT2D eigenvalue weighted by molar-refractivity contribution is -0.170. The summed E-state index contributed by atoms with van der Waals surface area (Å²) >= 11 is 0. The van der Waals surface area contributed by atoms with Crippen LogP contribution in [0.3, 0.4) is 0 Å². The van der Waals surface area contributed by atoms with Crippen LogP contribution in [0.25, 0.3) is 10.9 Å². The smallest absolute Gasteiger partial charge is 0.303 e. The number of aromatic nitrogens is 2. The third-order valence-electron chi connectivity index (χ3n) is 6.44. The number of alkyl halides is 2. The van der Waals surface area contributed by atoms with Gasteiger partial charge in [-0.15, -0.1) is 0 Å². The van der Waals surface area contributed by atoms with Gasteiger partial charge < -0.3 is 15.3 Å². The minimum Gasteiger partial charge on any atom is -0.384 e. The molecule has 0 radical (unpaired) electrons. The van der Waals surface area contributed by atoms with Gasteiger partial charge in [0.2, 0.25) is 5.91 Å². The molecule has 1 aliphatic heterocycles. The van der Waals surface area contributed by atoms with E-state index >= 15 is 4.39 Å². The molecular formula is C25H27F3N4O2. The Bertz CT molecular complexity index is 1300. The molecule has 2 heterocycles. The Balaban J connectivity index is 1.77. The van der Waals surface area contributed by atoms with Crippen molar-refractivity contribution in [1.29, 1.82) is 0 Å². The third-order valence-corrected chi connectivity index (χ3v) is 6.44. The SMILES string of the molecule is Cc1nc(NC(C)c2cccc(C(F)(F)C(C)(C)O)c2F)c2cc3c(cc2n1)N(C)C(=O)[C@H]3C. The Kier molecular flexibility index (Phi) is 5.59. The molecule has 34 heavy (non-hydrogen) atoms. The van der Waals surface area contributed by atoms with Crippen LogP contribution in [-0.2, 0) is 10.7 Å². The largest absolute Gasteiger partial charge is 0.384 e. The number of amides is 1. The molecule has 0 spiro atoms. The van der Waals surface area contributed by atoms with Gasteiger partial charge in [-0.25, -0.2) is 14.4 Å². The van der Waals surface area contributed by atoms with E-state index in [-0.39, 0.29) is 17.4 Å². The van der Waals surface area contributed by atoms with Crippen LogP contribution in [0, 0.1) is 12.7 Å². The van der Waals surface area contributed by atoms with E-state index in [1.165, 1.54) is 12.1 Å². The van der Waals surface area contributed by atoms with Gasteiger partial charge in [0.1, 0.15) is 23.1 Å². The monoisotopic (exact) mass is 472 g/mol. The maximum Gasteiger partial charge on any atom is 0.303 e. The topological polar surface area (TPSA) is 78.4 Å². The van der Waals surface area contributed by atoms with Crippen LogP contribution in [0.2, 0.25) is 0 Å². The number of benzene rings is 2. The summed E-state index contributed by atoms with van der Waals surface area (Å²) in [5.74, 6) is -4.36. The summed E-state index contributed by atoms with van der Waals surface area (Å²) in [5, 5.41) is 13.7. The number of halogens is 3. The van der Waals surface area contributed by atoms with Crippen molar-refractivity contribution in [3.63, 3.8) is 0 Å². The van der Waals surface area contributed by atoms with Crippen molar-refractivity contribution >= 4 is 28.3 Å². The third kappa shape index (κ3) is 3.68. The molecule has 6 nitrogen and oxygen atoms in total. The van der Waals surface area contributed by atoms with Gasteiger partial charge in [0.15, 0.2) is 0 Å². The first kappa shape index (κ1) is 23.9. The fourth-order valence-electron chi connectivity index (χ4n) is 4.33. The first-order valence-electron chi connectivity index (χ1n) is 11.0. The normalized spacial score (nSPS) is 17.3. The van der Waals surface area contributed by atoms with Crippen molar-refractivity contribution in [2.45, 2.75) is 58.1 Å². The lowest BCUT2D eigenvalue weighted by Gasteiger charge is -2.30. The molecule has 180 valence electrons. The van der Waals surface area contributed by atoms with E-state index in [2.05, 4.69) is 15.3 Å². The van der Waals surface area contributed by atoms with Gasteiger partial charge >= 0.3 is 5.92 Å². The van der Waals surface area contributed by atoms with E-state index in [1.54, 1.807) is 25.8 Å². The lowest BCUT2D eigenvalue weighted by atomic mass is 9.91. The molecule has 0 bridgehead atoms. The van der Waals surface area contributed by atoms with E-state index < -0.39 is 28.9 Å². The fourth-order valence-corrected chi connectivity index (χ4v) is 4.33. The molecular weight excluding hydrogens is 445 g/mol. The fraction of sp³-hybridized carbons (Fsp3) is 0.400. The highest BCUT2D eigenvalue weighted by Gasteiger charge is 2.49. The highest BCUT2D eigenvalue weighted by atomic mass is 19.3. The lowest BCUT2D eigenvalue weighted by Crippen LogP contribution is -2.41. The minimum atomic E-state index is -3.79. The predicted octanol–water partition coefficient (Wildman–Crippen LogP) is 5.19. The van der Waals surface area contributed by atoms with E-state index in [9.17, 15) is 18.7 Å². The summed E-state index contributed by atoms with van der Waals surface area (Å²) in [4.78, 5) is 23.0. The number of anilines is 2. The molecule has 1 aromatic heterocycles. The van der Waals surface area contributed by atoms with Crippen LogP contribution in [0.1, 0.15) is 62.2 Å². The summed E-state index contributed by atoms with van der Waals surface area (Å²) in [7, 11) is 1.71. The number of rotatable bonds is 5. The number of nitrogens with zero attached hydrogens (tertiary/aromatic N) is 3. The van der Waals surface area contributed by atoms with E-state index in [0.29, 0.717) is 22.5 Å². The minimum absolute atomic E-state index is 0.00952. The van der Waals surface area contributed by atoms with E-state index in [4.69, 9.17) is 0 Å². The second-order valence-electron chi connectivity index (χ2n) is 9.37. The van der Waals surface area contributed by atoms with Gasteiger partial charge in [-0.3, -0.25) is 4.79 Å². The average molecular weight is 473 g/mol. The van der Waals surface area contributed by atoms with Gasteiger partial charge in [-0.05, 0) is 58.4 Å². The maximum absolute atomic E-state index is 15.3. The summed E-state index contributed by atoms with van der Waals surface area (Å²) in [5.41, 5.74) is -1.09. The Labute approximate surface area is 195 Å². The zero-order valence-electron chi connectivity index (χ0n) is 19.9. The second kappa shape index (κ2) is 7.94. The molecule has 2 atom stereocenters. The standard InChI is InChI=1S/C25H27F3N4O2/c1-12-16-10-17-19(11-20(16)32(6)23(12)33)30-14(3)31-22(17)29-13(2)15-8-7-9-18(21(15)26)25(27,28)24(4,5)34/h7-13,34H,1-6H3,(H,29,30,31)/t12-,13?/m0/s1. The molecule has 1 amide bonds. The van der Waals surface area contributed by atoms with Gasteiger partial charge in [0, 0.05) is 23.7 Å². The number of fused-ring (bicyclic) bond motifs is 2. The van der Waals surface area contributed by atoms with Crippen LogP contribution in [0.4, 0.5) is 24.7 Å². The van der Waals surface area contributed by atoms with Crippen molar-refractivity contribution in [3.8, 4) is 0 Å². The van der Waals surface area contributed by atoms with Crippen molar-refractivity contribution in [3.05, 3.63) is 58.7 Å². The first-order chi connectivity index (χ1) is 15.7. The first-order valence-corrected chi connectivity index (χ1v) is 11.0. The molecule has 0 saturated carbocycles. The quantitative estimate of drug-likeness (QED) is 0.534. The predicted molar refractivity (Wildman–Crippen MR) is 125 cm³/mol. The Morgan fingerprint density at radius 1 is 1.21 bits per heavy atom. The number of carbonyl (C=O) groups is 1. The van der Waals surface area contributed by atoms with E-state index in [1.807, 2.05) is 19.1 Å². The number of nitrogens with one attached hydrogen (secondary N) is 1. The molecule has 1 aliphatic rings. The van der Waals surface area contributed by atoms with Crippen LogP contribution in [-0.4, -0.2) is 33.6 Å². The number of hydrogen-bond donors (Lipinski definition) is 2. The molecule has 4 rings (SSSR count). The molecule has 9 heteroatoms. The summed E-state index contributed by atoms with van der Waals surface area (Å²) < 4.78 is 44.7. The zero-order chi connectivity index (χ0) is 25.2. The molecule has 0 saturated heterocycles. The van der Waals surface area contributed by atoms with Gasteiger partial charge in [0.25, 0.3) is 0 Å². The maximum atomic E-state index is 15.3. The molecule has 1 unspecified atom stereocenters. The Morgan fingerprint density at radius 2 is 1.88 bits per heavy atom. The second-order valence-corrected chi connectivity index (χ2v) is 9.37. The molecule has 3 aromatic rings. The molecule has 2 N–H and O–H groups in total. The van der Waals surface area contributed by atoms with Crippen molar-refractivity contribution < 1.29 is 23.1 Å².